The summed E-state index contributed by atoms with van der Waals surface area (Å²) in [4.78, 5) is 2.55. The number of hydrogen-bond donors (Lipinski definition) is 1. The molecule has 1 aliphatic heterocycles. The molecule has 0 spiro atoms. The fourth-order valence-corrected chi connectivity index (χ4v) is 4.02. The lowest BCUT2D eigenvalue weighted by Gasteiger charge is -2.24. The molecule has 4 nitrogen and oxygen atoms in total. The Balaban J connectivity index is 1.91. The van der Waals surface area contributed by atoms with Gasteiger partial charge in [0.1, 0.15) is 0 Å². The van der Waals surface area contributed by atoms with E-state index in [0.29, 0.717) is 22.5 Å². The molecule has 1 aromatic carbocycles. The van der Waals surface area contributed by atoms with Crippen molar-refractivity contribution in [1.29, 1.82) is 0 Å². The van der Waals surface area contributed by atoms with Gasteiger partial charge in [0.25, 0.3) is 0 Å². The van der Waals surface area contributed by atoms with E-state index in [1.165, 1.54) is 12.8 Å². The quantitative estimate of drug-likeness (QED) is 0.832. The summed E-state index contributed by atoms with van der Waals surface area (Å²) in [6.45, 7) is 5.51. The molecule has 0 aromatic heterocycles. The van der Waals surface area contributed by atoms with Crippen molar-refractivity contribution >= 4 is 21.4 Å². The number of nitrogens with one attached hydrogen (secondary N) is 1. The highest BCUT2D eigenvalue weighted by Crippen LogP contribution is 2.16. The Hall–Kier alpha value is -0.620. The third kappa shape index (κ3) is 4.95. The fraction of sp³-hybridized carbons (Fsp3) is 0.600. The Bertz CT molecular complexity index is 539. The standard InChI is InChI=1S/C15H23ClN2O2S/c1-2-18(12-14-4-3-9-17-14)10-11-21(19,20)15-7-5-13(16)6-8-15/h5-8,14,17H,2-4,9-12H2,1H3. The van der Waals surface area contributed by atoms with Gasteiger partial charge in [-0.25, -0.2) is 8.42 Å². The molecule has 1 heterocycles. The van der Waals surface area contributed by atoms with Crippen molar-refractivity contribution in [3.63, 3.8) is 0 Å². The molecule has 0 aliphatic carbocycles. The summed E-state index contributed by atoms with van der Waals surface area (Å²) in [5.41, 5.74) is 0. The number of halogens is 1. The number of sulfone groups is 1. The molecular formula is C15H23ClN2O2S. The molecule has 1 unspecified atom stereocenters. The molecule has 0 bridgehead atoms. The van der Waals surface area contributed by atoms with Crippen molar-refractivity contribution < 1.29 is 8.42 Å². The lowest BCUT2D eigenvalue weighted by Crippen LogP contribution is -2.39. The Kier molecular flexibility index (Phi) is 6.05. The van der Waals surface area contributed by atoms with Crippen LogP contribution in [0.2, 0.25) is 5.02 Å². The lowest BCUT2D eigenvalue weighted by molar-refractivity contribution is 0.275. The Morgan fingerprint density at radius 3 is 2.62 bits per heavy atom. The lowest BCUT2D eigenvalue weighted by atomic mass is 10.2. The van der Waals surface area contributed by atoms with Crippen LogP contribution in [0.25, 0.3) is 0 Å². The van der Waals surface area contributed by atoms with Crippen LogP contribution >= 0.6 is 11.6 Å². The third-order valence-electron chi connectivity index (χ3n) is 3.94. The smallest absolute Gasteiger partial charge is 0.179 e. The van der Waals surface area contributed by atoms with Crippen LogP contribution in [0.4, 0.5) is 0 Å². The predicted molar refractivity (Wildman–Crippen MR) is 86.6 cm³/mol. The average molecular weight is 331 g/mol. The first kappa shape index (κ1) is 16.7. The van der Waals surface area contributed by atoms with E-state index in [4.69, 9.17) is 11.6 Å². The van der Waals surface area contributed by atoms with Gasteiger partial charge in [-0.3, -0.25) is 0 Å². The molecule has 0 radical (unpaired) electrons. The van der Waals surface area contributed by atoms with Crippen LogP contribution < -0.4 is 5.32 Å². The van der Waals surface area contributed by atoms with Gasteiger partial charge >= 0.3 is 0 Å². The summed E-state index contributed by atoms with van der Waals surface area (Å²) >= 11 is 5.80. The number of benzene rings is 1. The fourth-order valence-electron chi connectivity index (χ4n) is 2.61. The van der Waals surface area contributed by atoms with Gasteiger partial charge in [0.05, 0.1) is 10.6 Å². The summed E-state index contributed by atoms with van der Waals surface area (Å²) < 4.78 is 24.6. The van der Waals surface area contributed by atoms with E-state index in [2.05, 4.69) is 17.1 Å². The zero-order chi connectivity index (χ0) is 15.3. The highest BCUT2D eigenvalue weighted by Gasteiger charge is 2.20. The first-order valence-electron chi connectivity index (χ1n) is 7.45. The van der Waals surface area contributed by atoms with Crippen LogP contribution in [0, 0.1) is 0 Å². The molecule has 6 heteroatoms. The van der Waals surface area contributed by atoms with E-state index < -0.39 is 9.84 Å². The number of rotatable bonds is 7. The van der Waals surface area contributed by atoms with Crippen LogP contribution in [0.5, 0.6) is 0 Å². The van der Waals surface area contributed by atoms with Crippen molar-refractivity contribution in [2.45, 2.75) is 30.7 Å². The van der Waals surface area contributed by atoms with Crippen LogP contribution in [0.15, 0.2) is 29.2 Å². The van der Waals surface area contributed by atoms with Crippen LogP contribution in [-0.2, 0) is 9.84 Å². The minimum Gasteiger partial charge on any atom is -0.313 e. The Morgan fingerprint density at radius 1 is 1.33 bits per heavy atom. The van der Waals surface area contributed by atoms with Crippen LogP contribution in [0.3, 0.4) is 0 Å². The average Bonchev–Trinajstić information content (AvgIpc) is 2.97. The molecule has 1 atom stereocenters. The van der Waals surface area contributed by atoms with Gasteiger partial charge in [-0.1, -0.05) is 18.5 Å². The molecule has 1 fully saturated rings. The SMILES string of the molecule is CCN(CCS(=O)(=O)c1ccc(Cl)cc1)CC1CCCN1. The normalized spacial score (nSPS) is 19.3. The molecule has 0 saturated carbocycles. The molecule has 1 saturated heterocycles. The molecule has 118 valence electrons. The molecule has 0 amide bonds. The highest BCUT2D eigenvalue weighted by atomic mass is 35.5. The molecule has 2 rings (SSSR count). The summed E-state index contributed by atoms with van der Waals surface area (Å²) in [5.74, 6) is 0.148. The molecule has 1 aromatic rings. The van der Waals surface area contributed by atoms with Crippen molar-refractivity contribution in [2.24, 2.45) is 0 Å². The zero-order valence-corrected chi connectivity index (χ0v) is 14.0. The monoisotopic (exact) mass is 330 g/mol. The molecular weight excluding hydrogens is 308 g/mol. The van der Waals surface area contributed by atoms with Gasteiger partial charge in [-0.15, -0.1) is 0 Å². The maximum atomic E-state index is 12.3. The van der Waals surface area contributed by atoms with Gasteiger partial charge in [0.15, 0.2) is 9.84 Å². The van der Waals surface area contributed by atoms with E-state index in [1.807, 2.05) is 0 Å². The van der Waals surface area contributed by atoms with Gasteiger partial charge < -0.3 is 10.2 Å². The van der Waals surface area contributed by atoms with Crippen LogP contribution in [0.1, 0.15) is 19.8 Å². The van der Waals surface area contributed by atoms with E-state index in [1.54, 1.807) is 24.3 Å². The summed E-state index contributed by atoms with van der Waals surface area (Å²) in [6, 6.07) is 6.89. The summed E-state index contributed by atoms with van der Waals surface area (Å²) in [5, 5.41) is 4.00. The topological polar surface area (TPSA) is 49.4 Å². The zero-order valence-electron chi connectivity index (χ0n) is 12.4. The van der Waals surface area contributed by atoms with E-state index in [-0.39, 0.29) is 5.75 Å². The van der Waals surface area contributed by atoms with Crippen molar-refractivity contribution in [2.75, 3.05) is 31.9 Å². The highest BCUT2D eigenvalue weighted by molar-refractivity contribution is 7.91. The second-order valence-corrected chi connectivity index (χ2v) is 8.00. The number of nitrogens with zero attached hydrogens (tertiary/aromatic N) is 1. The summed E-state index contributed by atoms with van der Waals surface area (Å²) in [6.07, 6.45) is 2.39. The minimum absolute atomic E-state index is 0.148. The van der Waals surface area contributed by atoms with E-state index >= 15 is 0 Å². The maximum Gasteiger partial charge on any atom is 0.179 e. The Labute approximate surface area is 132 Å². The van der Waals surface area contributed by atoms with Crippen molar-refractivity contribution in [1.82, 2.24) is 10.2 Å². The van der Waals surface area contributed by atoms with E-state index in [0.717, 1.165) is 19.6 Å². The molecule has 21 heavy (non-hydrogen) atoms. The van der Waals surface area contributed by atoms with Gasteiger partial charge in [-0.05, 0) is 50.2 Å². The molecule has 1 N–H and O–H groups in total. The van der Waals surface area contributed by atoms with E-state index in [9.17, 15) is 8.42 Å². The predicted octanol–water partition coefficient (Wildman–Crippen LogP) is 2.19. The second kappa shape index (κ2) is 7.58. The number of hydrogen-bond acceptors (Lipinski definition) is 4. The minimum atomic E-state index is -3.24. The van der Waals surface area contributed by atoms with Gasteiger partial charge in [0.2, 0.25) is 0 Å². The largest absolute Gasteiger partial charge is 0.313 e. The summed E-state index contributed by atoms with van der Waals surface area (Å²) in [7, 11) is -3.24. The number of likely N-dealkylation sites (N-methyl/N-ethyl adjacent to an activating group) is 1. The van der Waals surface area contributed by atoms with Crippen molar-refractivity contribution in [3.05, 3.63) is 29.3 Å². The van der Waals surface area contributed by atoms with Crippen molar-refractivity contribution in [3.8, 4) is 0 Å². The second-order valence-electron chi connectivity index (χ2n) is 5.46. The first-order chi connectivity index (χ1) is 10.0. The first-order valence-corrected chi connectivity index (χ1v) is 9.48. The van der Waals surface area contributed by atoms with Crippen LogP contribution in [-0.4, -0.2) is 51.3 Å². The third-order valence-corrected chi connectivity index (χ3v) is 5.90. The Morgan fingerprint density at radius 2 is 2.05 bits per heavy atom. The maximum absolute atomic E-state index is 12.3. The van der Waals surface area contributed by atoms with Gasteiger partial charge in [0, 0.05) is 24.2 Å². The molecule has 1 aliphatic rings. The van der Waals surface area contributed by atoms with Gasteiger partial charge in [-0.2, -0.15) is 0 Å².